The van der Waals surface area contributed by atoms with Crippen molar-refractivity contribution in [2.75, 3.05) is 18.5 Å². The van der Waals surface area contributed by atoms with Crippen molar-refractivity contribution < 1.29 is 17.9 Å². The van der Waals surface area contributed by atoms with Gasteiger partial charge in [0.2, 0.25) is 0 Å². The first-order chi connectivity index (χ1) is 13.9. The number of benzene rings is 3. The molecule has 0 saturated heterocycles. The average Bonchev–Trinajstić information content (AvgIpc) is 2.74. The van der Waals surface area contributed by atoms with E-state index < -0.39 is 16.1 Å². The SMILES string of the molecule is COc1ccc(S(=O)(=O)N(c2cccc(OC)c2)C(C)c2ccc(C)cc2)cc1. The zero-order chi connectivity index (χ0) is 21.0. The number of hydrogen-bond acceptors (Lipinski definition) is 4. The lowest BCUT2D eigenvalue weighted by molar-refractivity contribution is 0.414. The van der Waals surface area contributed by atoms with Crippen LogP contribution in [0.15, 0.2) is 77.7 Å². The first-order valence-electron chi connectivity index (χ1n) is 9.26. The van der Waals surface area contributed by atoms with Gasteiger partial charge in [-0.05, 0) is 55.8 Å². The quantitative estimate of drug-likeness (QED) is 0.551. The minimum Gasteiger partial charge on any atom is -0.497 e. The molecule has 0 aliphatic carbocycles. The van der Waals surface area contributed by atoms with Gasteiger partial charge in [-0.25, -0.2) is 8.42 Å². The summed E-state index contributed by atoms with van der Waals surface area (Å²) in [6.07, 6.45) is 0. The molecule has 0 N–H and O–H groups in total. The summed E-state index contributed by atoms with van der Waals surface area (Å²) in [5.41, 5.74) is 2.55. The first-order valence-corrected chi connectivity index (χ1v) is 10.7. The highest BCUT2D eigenvalue weighted by Crippen LogP contribution is 2.35. The molecule has 0 saturated carbocycles. The van der Waals surface area contributed by atoms with E-state index >= 15 is 0 Å². The molecular weight excluding hydrogens is 386 g/mol. The molecule has 6 heteroatoms. The average molecular weight is 412 g/mol. The molecule has 0 aliphatic heterocycles. The summed E-state index contributed by atoms with van der Waals surface area (Å²) in [6.45, 7) is 3.88. The van der Waals surface area contributed by atoms with Crippen molar-refractivity contribution in [1.82, 2.24) is 0 Å². The third kappa shape index (κ3) is 4.38. The lowest BCUT2D eigenvalue weighted by Gasteiger charge is -2.31. The van der Waals surface area contributed by atoms with Crippen molar-refractivity contribution in [3.8, 4) is 11.5 Å². The van der Waals surface area contributed by atoms with Crippen LogP contribution in [0.4, 0.5) is 5.69 Å². The Morgan fingerprint density at radius 2 is 1.45 bits per heavy atom. The van der Waals surface area contributed by atoms with E-state index in [2.05, 4.69) is 0 Å². The van der Waals surface area contributed by atoms with E-state index in [1.165, 1.54) is 4.31 Å². The summed E-state index contributed by atoms with van der Waals surface area (Å²) in [6, 6.07) is 20.9. The molecule has 3 aromatic rings. The molecule has 29 heavy (non-hydrogen) atoms. The standard InChI is InChI=1S/C23H25NO4S/c1-17-8-10-19(11-9-17)18(2)24(20-6-5-7-22(16-20)28-4)29(25,26)23-14-12-21(27-3)13-15-23/h5-16,18H,1-4H3. The van der Waals surface area contributed by atoms with Gasteiger partial charge in [-0.1, -0.05) is 35.9 Å². The number of ether oxygens (including phenoxy) is 2. The molecule has 0 aromatic heterocycles. The molecule has 1 atom stereocenters. The van der Waals surface area contributed by atoms with Crippen molar-refractivity contribution in [1.29, 1.82) is 0 Å². The normalized spacial score (nSPS) is 12.3. The van der Waals surface area contributed by atoms with Crippen molar-refractivity contribution in [2.45, 2.75) is 24.8 Å². The van der Waals surface area contributed by atoms with Crippen LogP contribution in [0.1, 0.15) is 24.1 Å². The van der Waals surface area contributed by atoms with E-state index in [9.17, 15) is 8.42 Å². The molecule has 0 fully saturated rings. The molecule has 0 spiro atoms. The van der Waals surface area contributed by atoms with E-state index in [-0.39, 0.29) is 4.90 Å². The number of nitrogens with zero attached hydrogens (tertiary/aromatic N) is 1. The first kappa shape index (κ1) is 20.7. The monoisotopic (exact) mass is 411 g/mol. The summed E-state index contributed by atoms with van der Waals surface area (Å²) >= 11 is 0. The largest absolute Gasteiger partial charge is 0.497 e. The predicted octanol–water partition coefficient (Wildman–Crippen LogP) is 4.97. The van der Waals surface area contributed by atoms with Crippen molar-refractivity contribution in [3.63, 3.8) is 0 Å². The van der Waals surface area contributed by atoms with E-state index in [0.717, 1.165) is 11.1 Å². The second-order valence-corrected chi connectivity index (χ2v) is 8.58. The second kappa shape index (κ2) is 8.57. The lowest BCUT2D eigenvalue weighted by atomic mass is 10.1. The molecule has 152 valence electrons. The minimum atomic E-state index is -3.84. The van der Waals surface area contributed by atoms with Crippen molar-refractivity contribution in [2.24, 2.45) is 0 Å². The number of rotatable bonds is 7. The van der Waals surface area contributed by atoms with Crippen molar-refractivity contribution in [3.05, 3.63) is 83.9 Å². The maximum absolute atomic E-state index is 13.7. The van der Waals surface area contributed by atoms with Crippen LogP contribution in [-0.4, -0.2) is 22.6 Å². The highest BCUT2D eigenvalue weighted by Gasteiger charge is 2.30. The van der Waals surface area contributed by atoms with Crippen molar-refractivity contribution >= 4 is 15.7 Å². The smallest absolute Gasteiger partial charge is 0.264 e. The lowest BCUT2D eigenvalue weighted by Crippen LogP contribution is -2.33. The zero-order valence-electron chi connectivity index (χ0n) is 17.0. The van der Waals surface area contributed by atoms with Gasteiger partial charge in [0.25, 0.3) is 10.0 Å². The van der Waals surface area contributed by atoms with Crippen LogP contribution in [0.3, 0.4) is 0 Å². The van der Waals surface area contributed by atoms with E-state index in [1.807, 2.05) is 38.1 Å². The highest BCUT2D eigenvalue weighted by atomic mass is 32.2. The highest BCUT2D eigenvalue weighted by molar-refractivity contribution is 7.92. The van der Waals surface area contributed by atoms with Crippen LogP contribution in [0.5, 0.6) is 11.5 Å². The number of hydrogen-bond donors (Lipinski definition) is 0. The fourth-order valence-corrected chi connectivity index (χ4v) is 4.80. The Morgan fingerprint density at radius 1 is 0.828 bits per heavy atom. The Hall–Kier alpha value is -2.99. The second-order valence-electron chi connectivity index (χ2n) is 6.76. The van der Waals surface area contributed by atoms with E-state index in [0.29, 0.717) is 17.2 Å². The van der Waals surface area contributed by atoms with Crippen LogP contribution in [0.2, 0.25) is 0 Å². The maximum atomic E-state index is 13.7. The fourth-order valence-electron chi connectivity index (χ4n) is 3.16. The maximum Gasteiger partial charge on any atom is 0.264 e. The summed E-state index contributed by atoms with van der Waals surface area (Å²) in [5.74, 6) is 1.19. The zero-order valence-corrected chi connectivity index (χ0v) is 17.8. The minimum absolute atomic E-state index is 0.195. The number of methoxy groups -OCH3 is 2. The molecule has 0 amide bonds. The molecule has 3 aromatic carbocycles. The Kier molecular flexibility index (Phi) is 6.13. The van der Waals surface area contributed by atoms with Gasteiger partial charge >= 0.3 is 0 Å². The molecule has 0 aliphatic rings. The molecule has 1 unspecified atom stereocenters. The van der Waals surface area contributed by atoms with Crippen LogP contribution in [0.25, 0.3) is 0 Å². The van der Waals surface area contributed by atoms with E-state index in [4.69, 9.17) is 9.47 Å². The van der Waals surface area contributed by atoms with Gasteiger partial charge in [0, 0.05) is 6.07 Å². The third-order valence-electron chi connectivity index (χ3n) is 4.84. The van der Waals surface area contributed by atoms with Crippen LogP contribution in [0, 0.1) is 6.92 Å². The Bertz CT molecular complexity index is 1060. The number of aryl methyl sites for hydroxylation is 1. The molecule has 3 rings (SSSR count). The molecule has 0 radical (unpaired) electrons. The number of anilines is 1. The van der Waals surface area contributed by atoms with Gasteiger partial charge in [-0.2, -0.15) is 0 Å². The molecule has 0 heterocycles. The third-order valence-corrected chi connectivity index (χ3v) is 6.75. The fraction of sp³-hybridized carbons (Fsp3) is 0.217. The van der Waals surface area contributed by atoms with Crippen LogP contribution >= 0.6 is 0 Å². The van der Waals surface area contributed by atoms with Gasteiger partial charge in [0.15, 0.2) is 0 Å². The van der Waals surface area contributed by atoms with Gasteiger partial charge in [-0.3, -0.25) is 4.31 Å². The summed E-state index contributed by atoms with van der Waals surface area (Å²) in [4.78, 5) is 0.195. The molecular formula is C23H25NO4S. The summed E-state index contributed by atoms with van der Waals surface area (Å²) < 4.78 is 39.2. The van der Waals surface area contributed by atoms with Gasteiger partial charge in [0.05, 0.1) is 30.8 Å². The Morgan fingerprint density at radius 3 is 2.03 bits per heavy atom. The summed E-state index contributed by atoms with van der Waals surface area (Å²) in [5, 5.41) is 0. The van der Waals surface area contributed by atoms with Crippen LogP contribution in [-0.2, 0) is 10.0 Å². The topological polar surface area (TPSA) is 55.8 Å². The number of sulfonamides is 1. The van der Waals surface area contributed by atoms with Gasteiger partial charge in [0.1, 0.15) is 11.5 Å². The predicted molar refractivity (Wildman–Crippen MR) is 115 cm³/mol. The molecule has 0 bridgehead atoms. The van der Waals surface area contributed by atoms with Gasteiger partial charge in [-0.15, -0.1) is 0 Å². The van der Waals surface area contributed by atoms with E-state index in [1.54, 1.807) is 62.8 Å². The Balaban J connectivity index is 2.13. The molecule has 5 nitrogen and oxygen atoms in total. The van der Waals surface area contributed by atoms with Crippen LogP contribution < -0.4 is 13.8 Å². The summed E-state index contributed by atoms with van der Waals surface area (Å²) in [7, 11) is -0.732. The Labute approximate surface area is 172 Å². The van der Waals surface area contributed by atoms with Gasteiger partial charge < -0.3 is 9.47 Å².